The van der Waals surface area contributed by atoms with Gasteiger partial charge < -0.3 is 5.73 Å². The van der Waals surface area contributed by atoms with Crippen molar-refractivity contribution in [1.29, 1.82) is 5.26 Å². The molecule has 0 unspecified atom stereocenters. The number of anilines is 1. The molecule has 0 saturated carbocycles. The van der Waals surface area contributed by atoms with Crippen LogP contribution in [0.2, 0.25) is 0 Å². The van der Waals surface area contributed by atoms with Crippen molar-refractivity contribution in [2.24, 2.45) is 0 Å². The molecular weight excluding hydrogens is 252 g/mol. The first kappa shape index (κ1) is 11.9. The van der Waals surface area contributed by atoms with Crippen molar-refractivity contribution in [3.8, 4) is 23.1 Å². The van der Waals surface area contributed by atoms with Gasteiger partial charge in [-0.2, -0.15) is 5.26 Å². The van der Waals surface area contributed by atoms with E-state index in [9.17, 15) is 0 Å². The van der Waals surface area contributed by atoms with Crippen LogP contribution in [0, 0.1) is 11.3 Å². The van der Waals surface area contributed by atoms with E-state index in [2.05, 4.69) is 15.1 Å². The second kappa shape index (κ2) is 4.82. The van der Waals surface area contributed by atoms with Gasteiger partial charge in [-0.1, -0.05) is 12.1 Å². The van der Waals surface area contributed by atoms with Crippen molar-refractivity contribution in [1.82, 2.24) is 19.7 Å². The van der Waals surface area contributed by atoms with Gasteiger partial charge in [-0.05, 0) is 24.3 Å². The topological polar surface area (TPSA) is 93.4 Å². The van der Waals surface area contributed by atoms with Crippen LogP contribution in [-0.4, -0.2) is 19.7 Å². The molecular formula is C14H10N6. The van der Waals surface area contributed by atoms with Gasteiger partial charge in [-0.3, -0.25) is 0 Å². The molecule has 0 aliphatic rings. The Morgan fingerprint density at radius 1 is 1.15 bits per heavy atom. The molecule has 0 atom stereocenters. The molecule has 3 rings (SSSR count). The number of nitriles is 1. The Bertz CT molecular complexity index is 782. The second-order valence-electron chi connectivity index (χ2n) is 4.15. The highest BCUT2D eigenvalue weighted by Gasteiger charge is 2.06. The van der Waals surface area contributed by atoms with Gasteiger partial charge in [0.15, 0.2) is 5.82 Å². The lowest BCUT2D eigenvalue weighted by molar-refractivity contribution is 0.874. The van der Waals surface area contributed by atoms with E-state index in [-0.39, 0.29) is 0 Å². The maximum atomic E-state index is 8.72. The Hall–Kier alpha value is -3.20. The van der Waals surface area contributed by atoms with Crippen molar-refractivity contribution in [2.75, 3.05) is 5.73 Å². The molecule has 2 heterocycles. The number of hydrogen-bond acceptors (Lipinski definition) is 5. The lowest BCUT2D eigenvalue weighted by Gasteiger charge is -1.99. The minimum atomic E-state index is 0.366. The molecule has 3 aromatic rings. The number of benzene rings is 1. The van der Waals surface area contributed by atoms with Crippen LogP contribution in [0.25, 0.3) is 17.1 Å². The second-order valence-corrected chi connectivity index (χ2v) is 4.15. The highest BCUT2D eigenvalue weighted by Crippen LogP contribution is 2.18. The fourth-order valence-electron chi connectivity index (χ4n) is 1.79. The van der Waals surface area contributed by atoms with Crippen molar-refractivity contribution >= 4 is 5.69 Å². The zero-order valence-corrected chi connectivity index (χ0v) is 10.4. The van der Waals surface area contributed by atoms with Crippen LogP contribution in [0.15, 0.2) is 48.9 Å². The molecule has 2 N–H and O–H groups in total. The third-order valence-electron chi connectivity index (χ3n) is 2.76. The first-order valence-electron chi connectivity index (χ1n) is 5.90. The molecule has 96 valence electrons. The molecule has 0 spiro atoms. The van der Waals surface area contributed by atoms with Crippen LogP contribution in [0.4, 0.5) is 5.69 Å². The van der Waals surface area contributed by atoms with E-state index in [0.29, 0.717) is 17.2 Å². The van der Waals surface area contributed by atoms with Gasteiger partial charge in [0.05, 0.1) is 11.9 Å². The summed E-state index contributed by atoms with van der Waals surface area (Å²) in [4.78, 5) is 8.25. The van der Waals surface area contributed by atoms with E-state index >= 15 is 0 Å². The molecule has 0 amide bonds. The summed E-state index contributed by atoms with van der Waals surface area (Å²) in [6.07, 6.45) is 3.18. The molecule has 6 nitrogen and oxygen atoms in total. The average Bonchev–Trinajstić information content (AvgIpc) is 2.97. The number of nitrogens with zero attached hydrogens (tertiary/aromatic N) is 5. The Morgan fingerprint density at radius 3 is 2.75 bits per heavy atom. The lowest BCUT2D eigenvalue weighted by Crippen LogP contribution is -1.96. The summed E-state index contributed by atoms with van der Waals surface area (Å²) in [5, 5.41) is 13.1. The zero-order valence-electron chi connectivity index (χ0n) is 10.4. The van der Waals surface area contributed by atoms with Crippen LogP contribution in [0.3, 0.4) is 0 Å². The maximum absolute atomic E-state index is 8.72. The Balaban J connectivity index is 1.95. The number of rotatable bonds is 2. The van der Waals surface area contributed by atoms with Gasteiger partial charge >= 0.3 is 0 Å². The molecule has 2 aromatic heterocycles. The van der Waals surface area contributed by atoms with Crippen molar-refractivity contribution in [2.45, 2.75) is 0 Å². The minimum Gasteiger partial charge on any atom is -0.399 e. The number of nitrogens with two attached hydrogens (primary N) is 1. The van der Waals surface area contributed by atoms with E-state index in [1.54, 1.807) is 29.3 Å². The van der Waals surface area contributed by atoms with Crippen LogP contribution < -0.4 is 5.73 Å². The summed E-state index contributed by atoms with van der Waals surface area (Å²) in [5.74, 6) is 0.585. The Morgan fingerprint density at radius 2 is 2.05 bits per heavy atom. The van der Waals surface area contributed by atoms with Crippen LogP contribution in [0.5, 0.6) is 0 Å². The summed E-state index contributed by atoms with van der Waals surface area (Å²) < 4.78 is 1.60. The first-order valence-corrected chi connectivity index (χ1v) is 5.90. The highest BCUT2D eigenvalue weighted by atomic mass is 15.3. The summed E-state index contributed by atoms with van der Waals surface area (Å²) in [5.41, 5.74) is 8.37. The summed E-state index contributed by atoms with van der Waals surface area (Å²) >= 11 is 0. The van der Waals surface area contributed by atoms with Gasteiger partial charge in [0, 0.05) is 11.3 Å². The zero-order chi connectivity index (χ0) is 13.9. The maximum Gasteiger partial charge on any atom is 0.181 e. The van der Waals surface area contributed by atoms with E-state index in [4.69, 9.17) is 11.0 Å². The quantitative estimate of drug-likeness (QED) is 0.710. The molecule has 20 heavy (non-hydrogen) atoms. The van der Waals surface area contributed by atoms with E-state index < -0.39 is 0 Å². The summed E-state index contributed by atoms with van der Waals surface area (Å²) in [6.45, 7) is 0. The Kier molecular flexibility index (Phi) is 2.86. The molecule has 0 radical (unpaired) electrons. The molecule has 0 bridgehead atoms. The molecule has 1 aromatic carbocycles. The minimum absolute atomic E-state index is 0.366. The number of aromatic nitrogens is 4. The standard InChI is InChI=1S/C14H10N6/c15-7-12-4-5-13(8-17-12)20-9-18-14(19-20)10-2-1-3-11(16)6-10/h1-6,8-9H,16H2. The third kappa shape index (κ3) is 2.20. The van der Waals surface area contributed by atoms with Crippen LogP contribution in [0.1, 0.15) is 5.69 Å². The van der Waals surface area contributed by atoms with Gasteiger partial charge in [-0.25, -0.2) is 14.6 Å². The largest absolute Gasteiger partial charge is 0.399 e. The van der Waals surface area contributed by atoms with E-state index in [1.807, 2.05) is 30.3 Å². The first-order chi connectivity index (χ1) is 9.76. The van der Waals surface area contributed by atoms with Crippen molar-refractivity contribution < 1.29 is 0 Å². The molecule has 6 heteroatoms. The summed E-state index contributed by atoms with van der Waals surface area (Å²) in [7, 11) is 0. The number of hydrogen-bond donors (Lipinski definition) is 1. The third-order valence-corrected chi connectivity index (χ3v) is 2.76. The SMILES string of the molecule is N#Cc1ccc(-n2cnc(-c3cccc(N)c3)n2)cn1. The Labute approximate surface area is 115 Å². The van der Waals surface area contributed by atoms with Crippen LogP contribution in [-0.2, 0) is 0 Å². The average molecular weight is 262 g/mol. The fourth-order valence-corrected chi connectivity index (χ4v) is 1.79. The predicted octanol–water partition coefficient (Wildman–Crippen LogP) is 1.78. The number of pyridine rings is 1. The predicted molar refractivity (Wildman–Crippen MR) is 73.7 cm³/mol. The lowest BCUT2D eigenvalue weighted by atomic mass is 10.2. The normalized spacial score (nSPS) is 10.2. The molecule has 0 aliphatic heterocycles. The van der Waals surface area contributed by atoms with Gasteiger partial charge in [-0.15, -0.1) is 5.10 Å². The van der Waals surface area contributed by atoms with Gasteiger partial charge in [0.1, 0.15) is 18.1 Å². The van der Waals surface area contributed by atoms with E-state index in [1.165, 1.54) is 0 Å². The smallest absolute Gasteiger partial charge is 0.181 e. The van der Waals surface area contributed by atoms with E-state index in [0.717, 1.165) is 11.3 Å². The number of nitrogen functional groups attached to an aromatic ring is 1. The van der Waals surface area contributed by atoms with Gasteiger partial charge in [0.25, 0.3) is 0 Å². The summed E-state index contributed by atoms with van der Waals surface area (Å²) in [6, 6.07) is 12.8. The highest BCUT2D eigenvalue weighted by molar-refractivity contribution is 5.60. The molecule has 0 fully saturated rings. The molecule has 0 saturated heterocycles. The van der Waals surface area contributed by atoms with Gasteiger partial charge in [0.2, 0.25) is 0 Å². The van der Waals surface area contributed by atoms with Crippen LogP contribution >= 0.6 is 0 Å². The van der Waals surface area contributed by atoms with Crippen molar-refractivity contribution in [3.05, 3.63) is 54.6 Å². The monoisotopic (exact) mass is 262 g/mol. The fraction of sp³-hybridized carbons (Fsp3) is 0. The van der Waals surface area contributed by atoms with Crippen molar-refractivity contribution in [3.63, 3.8) is 0 Å². The molecule has 0 aliphatic carbocycles.